The zero-order valence-electron chi connectivity index (χ0n) is 27.6. The number of hydrogen-bond donors (Lipinski definition) is 2. The second-order valence-corrected chi connectivity index (χ2v) is 12.1. The van der Waals surface area contributed by atoms with Crippen LogP contribution in [0.2, 0.25) is 0 Å². The highest BCUT2D eigenvalue weighted by molar-refractivity contribution is 5.80. The number of carboxylic acids is 1. The van der Waals surface area contributed by atoms with Crippen molar-refractivity contribution in [3.8, 4) is 0 Å². The van der Waals surface area contributed by atoms with Gasteiger partial charge in [0.15, 0.2) is 0 Å². The lowest BCUT2D eigenvalue weighted by atomic mass is 10.0. The Morgan fingerprint density at radius 2 is 1.05 bits per heavy atom. The van der Waals surface area contributed by atoms with E-state index in [1.165, 1.54) is 89.9 Å². The molecule has 0 saturated heterocycles. The third kappa shape index (κ3) is 31.1. The molecule has 0 rings (SSSR count). The first-order valence-electron chi connectivity index (χ1n) is 17.8. The molecule has 1 atom stereocenters. The van der Waals surface area contributed by atoms with E-state index in [9.17, 15) is 14.4 Å². The summed E-state index contributed by atoms with van der Waals surface area (Å²) in [5, 5.41) is 11.0. The van der Waals surface area contributed by atoms with Crippen molar-refractivity contribution in [1.82, 2.24) is 5.32 Å². The van der Waals surface area contributed by atoms with Crippen LogP contribution in [0.3, 0.4) is 0 Å². The molecule has 2 N–H and O–H groups in total. The molecule has 0 radical (unpaired) electrons. The summed E-state index contributed by atoms with van der Waals surface area (Å²) in [6.45, 7) is 4.18. The summed E-state index contributed by atoms with van der Waals surface area (Å²) in [5.41, 5.74) is 0. The van der Waals surface area contributed by atoms with Crippen LogP contribution in [-0.4, -0.2) is 35.6 Å². The van der Waals surface area contributed by atoms with Crippen LogP contribution in [0, 0.1) is 0 Å². The van der Waals surface area contributed by atoms with Gasteiger partial charge in [-0.15, -0.1) is 0 Å². The van der Waals surface area contributed by atoms with Crippen LogP contribution < -0.4 is 5.32 Å². The van der Waals surface area contributed by atoms with Crippen molar-refractivity contribution in [3.63, 3.8) is 0 Å². The van der Waals surface area contributed by atoms with E-state index >= 15 is 0 Å². The minimum atomic E-state index is -1.02. The summed E-state index contributed by atoms with van der Waals surface area (Å²) < 4.78 is 5.94. The summed E-state index contributed by atoms with van der Waals surface area (Å²) in [4.78, 5) is 34.7. The molecule has 1 amide bonds. The SMILES string of the molecule is CCCCCCCCCC/C=C\CCCC(CCCCCCCC(=O)NCC(=O)O)OC(=O)CCCCCCCCC. The zero-order chi connectivity index (χ0) is 30.9. The fourth-order valence-electron chi connectivity index (χ4n) is 5.28. The van der Waals surface area contributed by atoms with Gasteiger partial charge in [-0.3, -0.25) is 14.4 Å². The molecular formula is C36H67NO5. The topological polar surface area (TPSA) is 92.7 Å². The Labute approximate surface area is 259 Å². The molecule has 0 fully saturated rings. The molecule has 246 valence electrons. The molecular weight excluding hydrogens is 526 g/mol. The second kappa shape index (κ2) is 32.1. The van der Waals surface area contributed by atoms with Gasteiger partial charge in [-0.05, 0) is 57.8 Å². The molecule has 42 heavy (non-hydrogen) atoms. The first kappa shape index (κ1) is 40.1. The zero-order valence-corrected chi connectivity index (χ0v) is 27.6. The molecule has 0 bridgehead atoms. The number of hydrogen-bond acceptors (Lipinski definition) is 4. The summed E-state index contributed by atoms with van der Waals surface area (Å²) in [5.74, 6) is -1.25. The number of rotatable bonds is 32. The van der Waals surface area contributed by atoms with Crippen molar-refractivity contribution < 1.29 is 24.2 Å². The minimum Gasteiger partial charge on any atom is -0.480 e. The first-order chi connectivity index (χ1) is 20.5. The van der Waals surface area contributed by atoms with Crippen LogP contribution >= 0.6 is 0 Å². The summed E-state index contributed by atoms with van der Waals surface area (Å²) in [7, 11) is 0. The van der Waals surface area contributed by atoms with E-state index in [1.54, 1.807) is 0 Å². The largest absolute Gasteiger partial charge is 0.480 e. The summed E-state index contributed by atoms with van der Waals surface area (Å²) in [6.07, 6.45) is 34.7. The van der Waals surface area contributed by atoms with Crippen LogP contribution in [0.5, 0.6) is 0 Å². The Morgan fingerprint density at radius 1 is 0.595 bits per heavy atom. The fourth-order valence-corrected chi connectivity index (χ4v) is 5.28. The molecule has 0 aliphatic heterocycles. The standard InChI is InChI=1S/C36H67NO5/c1-3-5-7-9-11-12-13-14-15-16-18-20-24-28-33(42-36(41)31-27-23-17-10-8-6-4-2)29-25-21-19-22-26-30-34(38)37-32-35(39)40/h16,18,33H,3-15,17,19-32H2,1-2H3,(H,37,38)(H,39,40)/b18-16-. The fraction of sp³-hybridized carbons (Fsp3) is 0.861. The molecule has 0 aromatic rings. The Hall–Kier alpha value is -1.85. The van der Waals surface area contributed by atoms with E-state index in [1.807, 2.05) is 0 Å². The van der Waals surface area contributed by atoms with E-state index in [4.69, 9.17) is 9.84 Å². The van der Waals surface area contributed by atoms with E-state index in [0.29, 0.717) is 12.8 Å². The van der Waals surface area contributed by atoms with Gasteiger partial charge in [0.05, 0.1) is 0 Å². The second-order valence-electron chi connectivity index (χ2n) is 12.1. The minimum absolute atomic E-state index is 0.00459. The van der Waals surface area contributed by atoms with Crippen LogP contribution in [0.15, 0.2) is 12.2 Å². The van der Waals surface area contributed by atoms with Gasteiger partial charge in [-0.1, -0.05) is 129 Å². The third-order valence-electron chi connectivity index (χ3n) is 7.94. The molecule has 0 spiro atoms. The van der Waals surface area contributed by atoms with Gasteiger partial charge in [-0.2, -0.15) is 0 Å². The predicted molar refractivity (Wildman–Crippen MR) is 176 cm³/mol. The lowest BCUT2D eigenvalue weighted by Crippen LogP contribution is -2.28. The van der Waals surface area contributed by atoms with Crippen molar-refractivity contribution in [1.29, 1.82) is 0 Å². The van der Waals surface area contributed by atoms with Gasteiger partial charge < -0.3 is 15.2 Å². The Morgan fingerprint density at radius 3 is 1.62 bits per heavy atom. The highest BCUT2D eigenvalue weighted by atomic mass is 16.5. The van der Waals surface area contributed by atoms with Crippen molar-refractivity contribution in [2.45, 2.75) is 193 Å². The van der Waals surface area contributed by atoms with Crippen molar-refractivity contribution >= 4 is 17.8 Å². The van der Waals surface area contributed by atoms with Gasteiger partial charge in [0, 0.05) is 12.8 Å². The van der Waals surface area contributed by atoms with E-state index in [-0.39, 0.29) is 24.5 Å². The molecule has 0 saturated carbocycles. The van der Waals surface area contributed by atoms with E-state index < -0.39 is 5.97 Å². The Kier molecular flexibility index (Phi) is 30.7. The monoisotopic (exact) mass is 594 g/mol. The molecule has 0 aromatic heterocycles. The number of unbranched alkanes of at least 4 members (excludes halogenated alkanes) is 19. The first-order valence-corrected chi connectivity index (χ1v) is 17.8. The number of amides is 1. The van der Waals surface area contributed by atoms with Gasteiger partial charge in [-0.25, -0.2) is 0 Å². The van der Waals surface area contributed by atoms with Gasteiger partial charge in [0.1, 0.15) is 12.6 Å². The number of nitrogens with one attached hydrogen (secondary N) is 1. The maximum Gasteiger partial charge on any atom is 0.322 e. The summed E-state index contributed by atoms with van der Waals surface area (Å²) >= 11 is 0. The van der Waals surface area contributed by atoms with Crippen LogP contribution in [0.1, 0.15) is 187 Å². The highest BCUT2D eigenvalue weighted by Gasteiger charge is 2.14. The van der Waals surface area contributed by atoms with Gasteiger partial charge in [0.25, 0.3) is 0 Å². The van der Waals surface area contributed by atoms with Gasteiger partial charge >= 0.3 is 11.9 Å². The molecule has 0 aliphatic rings. The predicted octanol–water partition coefficient (Wildman–Crippen LogP) is 10.2. The molecule has 6 heteroatoms. The molecule has 0 aromatic carbocycles. The maximum absolute atomic E-state index is 12.5. The van der Waals surface area contributed by atoms with Crippen molar-refractivity contribution in [2.75, 3.05) is 6.54 Å². The van der Waals surface area contributed by atoms with Crippen LogP contribution in [0.4, 0.5) is 0 Å². The maximum atomic E-state index is 12.5. The van der Waals surface area contributed by atoms with Crippen LogP contribution in [0.25, 0.3) is 0 Å². The van der Waals surface area contributed by atoms with Crippen molar-refractivity contribution in [2.24, 2.45) is 0 Å². The smallest absolute Gasteiger partial charge is 0.322 e. The molecule has 6 nitrogen and oxygen atoms in total. The Bertz CT molecular complexity index is 663. The number of allylic oxidation sites excluding steroid dienone is 2. The Balaban J connectivity index is 4.19. The quantitative estimate of drug-likeness (QED) is 0.0460. The number of aliphatic carboxylic acids is 1. The number of carboxylic acid groups (broad SMARTS) is 1. The van der Waals surface area contributed by atoms with Gasteiger partial charge in [0.2, 0.25) is 5.91 Å². The lowest BCUT2D eigenvalue weighted by Gasteiger charge is -2.18. The molecule has 0 heterocycles. The van der Waals surface area contributed by atoms with E-state index in [2.05, 4.69) is 31.3 Å². The van der Waals surface area contributed by atoms with Crippen molar-refractivity contribution in [3.05, 3.63) is 12.2 Å². The highest BCUT2D eigenvalue weighted by Crippen LogP contribution is 2.18. The lowest BCUT2D eigenvalue weighted by molar-refractivity contribution is -0.150. The normalized spacial score (nSPS) is 12.0. The number of ether oxygens (including phenoxy) is 1. The average Bonchev–Trinajstić information content (AvgIpc) is 2.97. The van der Waals surface area contributed by atoms with Crippen LogP contribution in [-0.2, 0) is 19.1 Å². The molecule has 1 unspecified atom stereocenters. The summed E-state index contributed by atoms with van der Waals surface area (Å²) in [6, 6.07) is 0. The number of esters is 1. The molecule has 0 aliphatic carbocycles. The average molecular weight is 594 g/mol. The van der Waals surface area contributed by atoms with E-state index in [0.717, 1.165) is 70.6 Å². The number of carbonyl (C=O) groups excluding carboxylic acids is 2. The third-order valence-corrected chi connectivity index (χ3v) is 7.94. The number of carbonyl (C=O) groups is 3.